The first-order valence-corrected chi connectivity index (χ1v) is 6.47. The summed E-state index contributed by atoms with van der Waals surface area (Å²) in [6.45, 7) is 0.254. The van der Waals surface area contributed by atoms with Crippen LogP contribution in [0.5, 0.6) is 0 Å². The second kappa shape index (κ2) is 4.53. The van der Waals surface area contributed by atoms with Gasteiger partial charge in [-0.3, -0.25) is 0 Å². The molecule has 14 heavy (non-hydrogen) atoms. The quantitative estimate of drug-likeness (QED) is 0.794. The average molecular weight is 276 g/mol. The molecule has 8 heteroatoms. The first-order valence-electron chi connectivity index (χ1n) is 3.34. The lowest BCUT2D eigenvalue weighted by Gasteiger charge is -1.97. The number of hydrogen-bond donors (Lipinski definition) is 0. The maximum Gasteiger partial charge on any atom is 0.280 e. The third-order valence-electron chi connectivity index (χ3n) is 1.31. The van der Waals surface area contributed by atoms with Crippen molar-refractivity contribution < 1.29 is 8.42 Å². The minimum absolute atomic E-state index is 0.210. The number of rotatable bonds is 3. The zero-order valence-electron chi connectivity index (χ0n) is 6.69. The van der Waals surface area contributed by atoms with Crippen molar-refractivity contribution in [2.75, 3.05) is 0 Å². The summed E-state index contributed by atoms with van der Waals surface area (Å²) < 4.78 is 23.1. The van der Waals surface area contributed by atoms with E-state index in [9.17, 15) is 8.42 Å². The van der Waals surface area contributed by atoms with Crippen LogP contribution in [0, 0.1) is 0 Å². The van der Waals surface area contributed by atoms with E-state index in [1.54, 1.807) is 0 Å². The van der Waals surface area contributed by atoms with Gasteiger partial charge in [-0.15, -0.1) is 0 Å². The third-order valence-corrected chi connectivity index (χ3v) is 3.10. The van der Waals surface area contributed by atoms with Gasteiger partial charge in [-0.1, -0.05) is 23.2 Å². The molecule has 4 nitrogen and oxygen atoms in total. The molecule has 0 atom stereocenters. The molecule has 78 valence electrons. The molecule has 1 heterocycles. The molecule has 0 bridgehead atoms. The Kier molecular flexibility index (Phi) is 3.83. The van der Waals surface area contributed by atoms with Gasteiger partial charge in [0.2, 0.25) is 0 Å². The summed E-state index contributed by atoms with van der Waals surface area (Å²) in [5.74, 6) is 0. The molecule has 0 saturated heterocycles. The molecule has 0 aliphatic heterocycles. The average Bonchev–Trinajstić information content (AvgIpc) is 2.51. The highest BCUT2D eigenvalue weighted by Crippen LogP contribution is 2.13. The number of hydrogen-bond acceptors (Lipinski definition) is 3. The maximum absolute atomic E-state index is 10.8. The molecule has 0 aromatic carbocycles. The van der Waals surface area contributed by atoms with Gasteiger partial charge in [0, 0.05) is 27.4 Å². The van der Waals surface area contributed by atoms with Crippen LogP contribution >= 0.6 is 33.9 Å². The standard InChI is InChI=1S/C6H5Cl3N2O2S/c7-1-5(8)2-11-3-6(10-4-11)14(9,12)13/h1,3-4H,2H2/b5-1+. The van der Waals surface area contributed by atoms with Crippen LogP contribution < -0.4 is 0 Å². The van der Waals surface area contributed by atoms with Crippen LogP contribution in [0.25, 0.3) is 0 Å². The van der Waals surface area contributed by atoms with Crippen LogP contribution in [0.2, 0.25) is 0 Å². The summed E-state index contributed by atoms with van der Waals surface area (Å²) in [4.78, 5) is 3.59. The van der Waals surface area contributed by atoms with E-state index in [0.717, 1.165) is 0 Å². The second-order valence-electron chi connectivity index (χ2n) is 2.38. The van der Waals surface area contributed by atoms with Crippen molar-refractivity contribution in [1.82, 2.24) is 9.55 Å². The van der Waals surface area contributed by atoms with Crippen molar-refractivity contribution in [3.63, 3.8) is 0 Å². The minimum atomic E-state index is -3.78. The molecule has 0 amide bonds. The fraction of sp³-hybridized carbons (Fsp3) is 0.167. The van der Waals surface area contributed by atoms with Crippen molar-refractivity contribution in [3.05, 3.63) is 23.1 Å². The molecule has 1 rings (SSSR count). The Balaban J connectivity index is 2.90. The van der Waals surface area contributed by atoms with Gasteiger partial charge in [-0.25, -0.2) is 13.4 Å². The molecular weight excluding hydrogens is 271 g/mol. The Morgan fingerprint density at radius 1 is 1.64 bits per heavy atom. The molecule has 0 N–H and O–H groups in total. The molecule has 0 saturated carbocycles. The van der Waals surface area contributed by atoms with Crippen LogP contribution in [-0.4, -0.2) is 18.0 Å². The van der Waals surface area contributed by atoms with E-state index in [2.05, 4.69) is 4.98 Å². The summed E-state index contributed by atoms with van der Waals surface area (Å²) in [6, 6.07) is 0. The summed E-state index contributed by atoms with van der Waals surface area (Å²) in [6.07, 6.45) is 2.57. The summed E-state index contributed by atoms with van der Waals surface area (Å²) in [5.41, 5.74) is 1.19. The van der Waals surface area contributed by atoms with E-state index in [4.69, 9.17) is 33.9 Å². The molecule has 1 aromatic heterocycles. The number of aromatic nitrogens is 2. The SMILES string of the molecule is O=S(=O)(Cl)c1cn(C/C(Cl)=C\Cl)cn1. The lowest BCUT2D eigenvalue weighted by molar-refractivity contribution is 0.606. The van der Waals surface area contributed by atoms with Gasteiger partial charge >= 0.3 is 0 Å². The molecule has 0 aliphatic carbocycles. The van der Waals surface area contributed by atoms with Gasteiger partial charge in [0.15, 0.2) is 5.03 Å². The van der Waals surface area contributed by atoms with Crippen molar-refractivity contribution in [2.45, 2.75) is 11.6 Å². The largest absolute Gasteiger partial charge is 0.331 e. The van der Waals surface area contributed by atoms with Crippen molar-refractivity contribution in [3.8, 4) is 0 Å². The number of halogens is 3. The lowest BCUT2D eigenvalue weighted by atomic mass is 10.6. The van der Waals surface area contributed by atoms with Gasteiger partial charge in [0.1, 0.15) is 0 Å². The normalized spacial score (nSPS) is 13.2. The van der Waals surface area contributed by atoms with Gasteiger partial charge in [0.05, 0.1) is 12.9 Å². The molecule has 0 fully saturated rings. The molecule has 0 aliphatic rings. The topological polar surface area (TPSA) is 52.0 Å². The first kappa shape index (κ1) is 11.8. The van der Waals surface area contributed by atoms with E-state index in [0.29, 0.717) is 5.03 Å². The van der Waals surface area contributed by atoms with E-state index in [-0.39, 0.29) is 11.6 Å². The fourth-order valence-electron chi connectivity index (χ4n) is 0.761. The van der Waals surface area contributed by atoms with Gasteiger partial charge in [-0.2, -0.15) is 0 Å². The smallest absolute Gasteiger partial charge is 0.280 e. The predicted molar refractivity (Wildman–Crippen MR) is 55.1 cm³/mol. The lowest BCUT2D eigenvalue weighted by Crippen LogP contribution is -1.94. The number of imidazole rings is 1. The second-order valence-corrected chi connectivity index (χ2v) is 5.59. The Labute approximate surface area is 95.5 Å². The fourth-order valence-corrected chi connectivity index (χ4v) is 1.64. The van der Waals surface area contributed by atoms with Crippen LogP contribution in [0.15, 0.2) is 28.1 Å². The molecule has 1 aromatic rings. The molecule has 0 unspecified atom stereocenters. The van der Waals surface area contributed by atoms with Crippen LogP contribution in [0.3, 0.4) is 0 Å². The number of allylic oxidation sites excluding steroid dienone is 1. The minimum Gasteiger partial charge on any atom is -0.331 e. The highest BCUT2D eigenvalue weighted by Gasteiger charge is 2.13. The zero-order chi connectivity index (χ0) is 10.8. The van der Waals surface area contributed by atoms with Gasteiger partial charge < -0.3 is 4.57 Å². The monoisotopic (exact) mass is 274 g/mol. The van der Waals surface area contributed by atoms with Gasteiger partial charge in [0.25, 0.3) is 9.05 Å². The summed E-state index contributed by atoms with van der Waals surface area (Å²) in [5, 5.41) is 0.154. The Hall–Kier alpha value is -0.230. The zero-order valence-corrected chi connectivity index (χ0v) is 9.78. The van der Waals surface area contributed by atoms with Crippen LogP contribution in [0.1, 0.15) is 0 Å². The van der Waals surface area contributed by atoms with Crippen LogP contribution in [0.4, 0.5) is 0 Å². The van der Waals surface area contributed by atoms with Crippen LogP contribution in [-0.2, 0) is 15.6 Å². The maximum atomic E-state index is 10.8. The highest BCUT2D eigenvalue weighted by molar-refractivity contribution is 8.13. The Morgan fingerprint density at radius 3 is 2.71 bits per heavy atom. The first-order chi connectivity index (χ1) is 6.43. The van der Waals surface area contributed by atoms with E-state index in [1.807, 2.05) is 0 Å². The molecular formula is C6H5Cl3N2O2S. The number of nitrogens with zero attached hydrogens (tertiary/aromatic N) is 2. The molecule has 0 radical (unpaired) electrons. The Morgan fingerprint density at radius 2 is 2.29 bits per heavy atom. The predicted octanol–water partition coefficient (Wildman–Crippen LogP) is 2.13. The van der Waals surface area contributed by atoms with E-state index in [1.165, 1.54) is 22.6 Å². The highest BCUT2D eigenvalue weighted by atomic mass is 35.7. The third kappa shape index (κ3) is 3.16. The van der Waals surface area contributed by atoms with Crippen molar-refractivity contribution >= 4 is 42.9 Å². The van der Waals surface area contributed by atoms with Gasteiger partial charge in [-0.05, 0) is 0 Å². The molecule has 0 spiro atoms. The summed E-state index contributed by atoms with van der Waals surface area (Å²) >= 11 is 10.9. The summed E-state index contributed by atoms with van der Waals surface area (Å²) in [7, 11) is 1.29. The van der Waals surface area contributed by atoms with Crippen molar-refractivity contribution in [2.24, 2.45) is 0 Å². The Bertz CT molecular complexity index is 451. The van der Waals surface area contributed by atoms with E-state index < -0.39 is 9.05 Å². The van der Waals surface area contributed by atoms with Crippen molar-refractivity contribution in [1.29, 1.82) is 0 Å². The van der Waals surface area contributed by atoms with E-state index >= 15 is 0 Å².